The van der Waals surface area contributed by atoms with E-state index < -0.39 is 5.41 Å². The van der Waals surface area contributed by atoms with Crippen molar-refractivity contribution in [2.24, 2.45) is 12.5 Å². The van der Waals surface area contributed by atoms with Crippen LogP contribution < -0.4 is 16.4 Å². The highest BCUT2D eigenvalue weighted by Gasteiger charge is 2.56. The zero-order valence-corrected chi connectivity index (χ0v) is 20.1. The van der Waals surface area contributed by atoms with Crippen LogP contribution >= 0.6 is 0 Å². The lowest BCUT2D eigenvalue weighted by molar-refractivity contribution is -0.131. The molecule has 5 aromatic rings. The zero-order valence-electron chi connectivity index (χ0n) is 20.1. The fraction of sp³-hybridized carbons (Fsp3) is 0.143. The van der Waals surface area contributed by atoms with Crippen LogP contribution in [0.2, 0.25) is 0 Å². The molecule has 0 radical (unpaired) electrons. The number of fused-ring (bicyclic) bond motifs is 1. The van der Waals surface area contributed by atoms with E-state index in [1.165, 1.54) is 0 Å². The van der Waals surface area contributed by atoms with E-state index in [0.29, 0.717) is 35.6 Å². The summed E-state index contributed by atoms with van der Waals surface area (Å²) in [5.41, 5.74) is 10.5. The second-order valence-electron chi connectivity index (χ2n) is 9.23. The molecule has 1 aliphatic carbocycles. The summed E-state index contributed by atoms with van der Waals surface area (Å²) in [5, 5.41) is 14.6. The van der Waals surface area contributed by atoms with E-state index in [1.54, 1.807) is 23.0 Å². The topological polar surface area (TPSA) is 128 Å². The molecule has 2 amide bonds. The summed E-state index contributed by atoms with van der Waals surface area (Å²) in [7, 11) is 1.88. The van der Waals surface area contributed by atoms with Gasteiger partial charge in [-0.25, -0.2) is 0 Å². The van der Waals surface area contributed by atoms with E-state index in [0.717, 1.165) is 27.8 Å². The number of nitrogens with zero attached hydrogens (tertiary/aromatic N) is 3. The molecule has 9 heteroatoms. The monoisotopic (exact) mass is 492 g/mol. The third kappa shape index (κ3) is 4.00. The van der Waals surface area contributed by atoms with Gasteiger partial charge in [-0.05, 0) is 65.9 Å². The SMILES string of the molecule is Cn1nccc1-c1ccc(NC(=O)C2(C(=O)Nc3ccc(-c4cccc5onc(N)c45)cc3)CC2)cc1. The number of nitrogen functional groups attached to an aromatic ring is 1. The molecular formula is C28H24N6O3. The highest BCUT2D eigenvalue weighted by atomic mass is 16.5. The number of anilines is 3. The molecule has 0 unspecified atom stereocenters. The average molecular weight is 493 g/mol. The number of rotatable bonds is 6. The summed E-state index contributed by atoms with van der Waals surface area (Å²) in [5.74, 6) is -0.282. The first-order valence-electron chi connectivity index (χ1n) is 11.9. The Morgan fingerprint density at radius 3 is 2.08 bits per heavy atom. The van der Waals surface area contributed by atoms with Gasteiger partial charge in [-0.15, -0.1) is 0 Å². The summed E-state index contributed by atoms with van der Waals surface area (Å²) >= 11 is 0. The van der Waals surface area contributed by atoms with E-state index in [9.17, 15) is 9.59 Å². The summed E-state index contributed by atoms with van der Waals surface area (Å²) in [6.07, 6.45) is 2.75. The number of hydrogen-bond donors (Lipinski definition) is 3. The van der Waals surface area contributed by atoms with Gasteiger partial charge in [-0.1, -0.05) is 41.6 Å². The number of benzene rings is 3. The molecule has 2 aromatic heterocycles. The molecular weight excluding hydrogens is 468 g/mol. The van der Waals surface area contributed by atoms with E-state index in [4.69, 9.17) is 10.3 Å². The first kappa shape index (κ1) is 22.5. The van der Waals surface area contributed by atoms with E-state index in [1.807, 2.05) is 67.7 Å². The third-order valence-electron chi connectivity index (χ3n) is 6.86. The standard InChI is InChI=1S/C28H24N6O3/c1-34-22(13-16-30-34)18-7-11-20(12-8-18)32-27(36)28(14-15-28)26(35)31-19-9-5-17(6-10-19)21-3-2-4-23-24(21)25(29)33-37-23/h2-13,16H,14-15H2,1H3,(H2,29,33)(H,31,35)(H,32,36). The van der Waals surface area contributed by atoms with Crippen LogP contribution in [0.1, 0.15) is 12.8 Å². The minimum atomic E-state index is -1.07. The summed E-state index contributed by atoms with van der Waals surface area (Å²) < 4.78 is 7.04. The maximum Gasteiger partial charge on any atom is 0.240 e. The molecule has 184 valence electrons. The van der Waals surface area contributed by atoms with Crippen LogP contribution in [0.3, 0.4) is 0 Å². The van der Waals surface area contributed by atoms with Crippen molar-refractivity contribution in [3.05, 3.63) is 79.0 Å². The largest absolute Gasteiger partial charge is 0.380 e. The van der Waals surface area contributed by atoms with Crippen LogP contribution in [0.5, 0.6) is 0 Å². The summed E-state index contributed by atoms with van der Waals surface area (Å²) in [4.78, 5) is 26.1. The van der Waals surface area contributed by atoms with Gasteiger partial charge in [0.15, 0.2) is 11.4 Å². The van der Waals surface area contributed by atoms with Crippen molar-refractivity contribution in [3.8, 4) is 22.4 Å². The van der Waals surface area contributed by atoms with Gasteiger partial charge >= 0.3 is 0 Å². The fourth-order valence-electron chi connectivity index (χ4n) is 4.55. The normalized spacial score (nSPS) is 13.9. The number of nitrogens with two attached hydrogens (primary N) is 1. The van der Waals surface area contributed by atoms with Gasteiger partial charge in [0.05, 0.1) is 11.1 Å². The molecule has 0 bridgehead atoms. The molecule has 0 saturated heterocycles. The van der Waals surface area contributed by atoms with E-state index in [2.05, 4.69) is 20.9 Å². The molecule has 1 aliphatic rings. The Kier molecular flexibility index (Phi) is 5.26. The molecule has 6 rings (SSSR count). The number of amides is 2. The Morgan fingerprint density at radius 1 is 0.892 bits per heavy atom. The zero-order chi connectivity index (χ0) is 25.6. The van der Waals surface area contributed by atoms with Gasteiger partial charge in [-0.3, -0.25) is 14.3 Å². The Bertz CT molecular complexity index is 1630. The lowest BCUT2D eigenvalue weighted by Gasteiger charge is -2.16. The lowest BCUT2D eigenvalue weighted by Crippen LogP contribution is -2.35. The Morgan fingerprint density at radius 2 is 1.51 bits per heavy atom. The highest BCUT2D eigenvalue weighted by Crippen LogP contribution is 2.47. The van der Waals surface area contributed by atoms with Crippen LogP contribution in [0, 0.1) is 5.41 Å². The van der Waals surface area contributed by atoms with Gasteiger partial charge in [0, 0.05) is 24.6 Å². The predicted octanol–water partition coefficient (Wildman–Crippen LogP) is 4.83. The molecule has 0 aliphatic heterocycles. The van der Waals surface area contributed by atoms with Crippen molar-refractivity contribution in [1.82, 2.24) is 14.9 Å². The first-order chi connectivity index (χ1) is 17.9. The Labute approximate surface area is 212 Å². The number of aromatic nitrogens is 3. The van der Waals surface area contributed by atoms with Crippen molar-refractivity contribution >= 4 is 40.0 Å². The van der Waals surface area contributed by atoms with Gasteiger partial charge in [0.25, 0.3) is 0 Å². The quantitative estimate of drug-likeness (QED) is 0.291. The molecule has 1 fully saturated rings. The van der Waals surface area contributed by atoms with E-state index >= 15 is 0 Å². The van der Waals surface area contributed by atoms with Gasteiger partial charge < -0.3 is 20.9 Å². The second-order valence-corrected chi connectivity index (χ2v) is 9.23. The van der Waals surface area contributed by atoms with Crippen molar-refractivity contribution in [2.75, 3.05) is 16.4 Å². The molecule has 0 spiro atoms. The highest BCUT2D eigenvalue weighted by molar-refractivity contribution is 6.17. The Hall–Kier alpha value is -4.92. The van der Waals surface area contributed by atoms with Crippen molar-refractivity contribution in [1.29, 1.82) is 0 Å². The van der Waals surface area contributed by atoms with E-state index in [-0.39, 0.29) is 11.8 Å². The molecule has 3 aromatic carbocycles. The average Bonchev–Trinajstić information content (AvgIpc) is 3.50. The molecule has 4 N–H and O–H groups in total. The van der Waals surface area contributed by atoms with Crippen molar-refractivity contribution in [2.45, 2.75) is 12.8 Å². The van der Waals surface area contributed by atoms with Crippen LogP contribution in [0.15, 0.2) is 83.5 Å². The van der Waals surface area contributed by atoms with Gasteiger partial charge in [0.1, 0.15) is 5.41 Å². The minimum Gasteiger partial charge on any atom is -0.380 e. The fourth-order valence-corrected chi connectivity index (χ4v) is 4.55. The second kappa shape index (κ2) is 8.63. The van der Waals surface area contributed by atoms with Crippen LogP contribution in [0.25, 0.3) is 33.4 Å². The lowest BCUT2D eigenvalue weighted by atomic mass is 10.0. The van der Waals surface area contributed by atoms with Gasteiger partial charge in [-0.2, -0.15) is 5.10 Å². The van der Waals surface area contributed by atoms with Gasteiger partial charge in [0.2, 0.25) is 11.8 Å². The number of carbonyl (C=O) groups is 2. The number of carbonyl (C=O) groups excluding carboxylic acids is 2. The molecule has 37 heavy (non-hydrogen) atoms. The minimum absolute atomic E-state index is 0.301. The van der Waals surface area contributed by atoms with Crippen molar-refractivity contribution < 1.29 is 14.1 Å². The number of hydrogen-bond acceptors (Lipinski definition) is 6. The maximum absolute atomic E-state index is 13.1. The maximum atomic E-state index is 13.1. The summed E-state index contributed by atoms with van der Waals surface area (Å²) in [6.45, 7) is 0. The molecule has 2 heterocycles. The molecule has 9 nitrogen and oxygen atoms in total. The predicted molar refractivity (Wildman–Crippen MR) is 141 cm³/mol. The molecule has 1 saturated carbocycles. The number of aryl methyl sites for hydroxylation is 1. The van der Waals surface area contributed by atoms with Crippen LogP contribution in [-0.4, -0.2) is 26.8 Å². The number of nitrogens with one attached hydrogen (secondary N) is 2. The third-order valence-corrected chi connectivity index (χ3v) is 6.86. The Balaban J connectivity index is 1.14. The van der Waals surface area contributed by atoms with Crippen molar-refractivity contribution in [3.63, 3.8) is 0 Å². The van der Waals surface area contributed by atoms with Crippen LogP contribution in [0.4, 0.5) is 17.2 Å². The molecule has 0 atom stereocenters. The smallest absolute Gasteiger partial charge is 0.240 e. The van der Waals surface area contributed by atoms with Crippen LogP contribution in [-0.2, 0) is 16.6 Å². The first-order valence-corrected chi connectivity index (χ1v) is 11.9. The summed E-state index contributed by atoms with van der Waals surface area (Å²) in [6, 6.07) is 22.4.